The van der Waals surface area contributed by atoms with E-state index in [1.807, 2.05) is 0 Å². The van der Waals surface area contributed by atoms with Gasteiger partial charge in [-0.15, -0.1) is 0 Å². The molecule has 8 heteroatoms. The summed E-state index contributed by atoms with van der Waals surface area (Å²) in [5.41, 5.74) is 8.98. The van der Waals surface area contributed by atoms with Crippen molar-refractivity contribution in [2.24, 2.45) is 0 Å². The van der Waals surface area contributed by atoms with Crippen LogP contribution in [0.5, 0.6) is 17.2 Å². The summed E-state index contributed by atoms with van der Waals surface area (Å²) < 4.78 is 46.6. The molecule has 0 atom stereocenters. The Morgan fingerprint density at radius 1 is 1.04 bits per heavy atom. The topological polar surface area (TPSA) is 94.9 Å². The van der Waals surface area contributed by atoms with Crippen molar-refractivity contribution < 1.29 is 27.4 Å². The molecule has 1 N–H and O–H groups in total. The van der Waals surface area contributed by atoms with Crippen LogP contribution in [-0.2, 0) is 14.6 Å². The van der Waals surface area contributed by atoms with Gasteiger partial charge in [-0.3, -0.25) is 0 Å². The molecule has 0 fully saturated rings. The minimum Gasteiger partial charge on any atom is -0.496 e. The molecule has 0 spiro atoms. The van der Waals surface area contributed by atoms with Crippen molar-refractivity contribution in [3.63, 3.8) is 0 Å². The van der Waals surface area contributed by atoms with Crippen LogP contribution in [-0.4, -0.2) is 36.9 Å². The Labute approximate surface area is 159 Å². The van der Waals surface area contributed by atoms with E-state index in [1.54, 1.807) is 12.1 Å². The fourth-order valence-corrected chi connectivity index (χ4v) is 3.88. The van der Waals surface area contributed by atoms with E-state index < -0.39 is 9.84 Å². The van der Waals surface area contributed by atoms with Gasteiger partial charge >= 0.3 is 0 Å². The second-order valence-electron chi connectivity index (χ2n) is 5.65. The monoisotopic (exact) mass is 392 g/mol. The van der Waals surface area contributed by atoms with Crippen LogP contribution in [0, 0.1) is 0 Å². The smallest absolute Gasteiger partial charge is 0.203 e. The van der Waals surface area contributed by atoms with E-state index in [-0.39, 0.29) is 22.8 Å². The van der Waals surface area contributed by atoms with E-state index in [4.69, 9.17) is 24.7 Å². The van der Waals surface area contributed by atoms with Crippen LogP contribution in [0.4, 0.5) is 0 Å². The molecule has 1 aromatic carbocycles. The summed E-state index contributed by atoms with van der Waals surface area (Å²) in [4.78, 5) is -0.103. The van der Waals surface area contributed by atoms with Gasteiger partial charge in [0.25, 0.3) is 0 Å². The van der Waals surface area contributed by atoms with Gasteiger partial charge in [-0.05, 0) is 17.7 Å². The van der Waals surface area contributed by atoms with Crippen LogP contribution in [0.1, 0.15) is 12.0 Å². The first-order chi connectivity index (χ1) is 12.8. The number of ether oxygens (including phenoxy) is 4. The van der Waals surface area contributed by atoms with Gasteiger partial charge in [0.05, 0.1) is 39.7 Å². The van der Waals surface area contributed by atoms with Crippen LogP contribution >= 0.6 is 0 Å². The van der Waals surface area contributed by atoms with Crippen LogP contribution in [0.3, 0.4) is 0 Å². The fourth-order valence-electron chi connectivity index (χ4n) is 2.62. The van der Waals surface area contributed by atoms with Gasteiger partial charge in [-0.25, -0.2) is 8.42 Å². The summed E-state index contributed by atoms with van der Waals surface area (Å²) in [5, 5.41) is 1.02. The Morgan fingerprint density at radius 2 is 1.63 bits per heavy atom. The van der Waals surface area contributed by atoms with Crippen molar-refractivity contribution >= 4 is 15.9 Å². The highest BCUT2D eigenvalue weighted by atomic mass is 32.2. The first-order valence-electron chi connectivity index (χ1n) is 7.89. The summed E-state index contributed by atoms with van der Waals surface area (Å²) in [6, 6.07) is 3.25. The lowest BCUT2D eigenvalue weighted by atomic mass is 10.1. The SMILES string of the molecule is C=C1C=C(S(=O)(=O)C=Cc2c(OC)cc(OC)cc2OC)C(OC)=C([NH])C1. The standard InChI is InChI=1S/C19H22NO6S/c1-12-8-15(20)19(26-5)18(9-12)27(21,22)7-6-14-16(24-3)10-13(23-2)11-17(14)25-4/h6-7,9-11,20H,1,8H2,2-5H3. The average Bonchev–Trinajstić information content (AvgIpc) is 2.65. The number of nitrogens with one attached hydrogen (secondary N) is 1. The summed E-state index contributed by atoms with van der Waals surface area (Å²) in [6.07, 6.45) is 3.03. The predicted molar refractivity (Wildman–Crippen MR) is 103 cm³/mol. The van der Waals surface area contributed by atoms with Crippen molar-refractivity contribution in [2.75, 3.05) is 28.4 Å². The van der Waals surface area contributed by atoms with Gasteiger partial charge in [0.2, 0.25) is 9.84 Å². The third kappa shape index (κ3) is 4.28. The Kier molecular flexibility index (Phi) is 6.22. The molecule has 0 bridgehead atoms. The third-order valence-corrected chi connectivity index (χ3v) is 5.33. The second kappa shape index (κ2) is 8.22. The van der Waals surface area contributed by atoms with Crippen LogP contribution < -0.4 is 19.9 Å². The van der Waals surface area contributed by atoms with Crippen LogP contribution in [0.25, 0.3) is 6.08 Å². The third-order valence-electron chi connectivity index (χ3n) is 3.91. The Morgan fingerprint density at radius 3 is 2.11 bits per heavy atom. The van der Waals surface area contributed by atoms with Gasteiger partial charge in [0, 0.05) is 24.0 Å². The second-order valence-corrected chi connectivity index (χ2v) is 7.45. The zero-order chi connectivity index (χ0) is 20.2. The number of hydrogen-bond donors (Lipinski definition) is 0. The van der Waals surface area contributed by atoms with Crippen molar-refractivity contribution in [3.8, 4) is 17.2 Å². The molecule has 1 aromatic rings. The molecule has 145 valence electrons. The van der Waals surface area contributed by atoms with Crippen molar-refractivity contribution in [1.29, 1.82) is 0 Å². The molecule has 0 saturated carbocycles. The molecule has 1 aliphatic carbocycles. The Hall–Kier alpha value is -2.87. The largest absolute Gasteiger partial charge is 0.496 e. The first kappa shape index (κ1) is 20.4. The van der Waals surface area contributed by atoms with Crippen molar-refractivity contribution in [2.45, 2.75) is 6.42 Å². The van der Waals surface area contributed by atoms with Crippen molar-refractivity contribution in [3.05, 3.63) is 57.7 Å². The normalized spacial score (nSPS) is 15.0. The highest BCUT2D eigenvalue weighted by Crippen LogP contribution is 2.36. The molecule has 0 amide bonds. The number of sulfone groups is 1. The van der Waals surface area contributed by atoms with E-state index in [1.165, 1.54) is 40.6 Å². The number of hydrogen-bond acceptors (Lipinski definition) is 6. The van der Waals surface area contributed by atoms with Gasteiger partial charge in [0.15, 0.2) is 5.76 Å². The lowest BCUT2D eigenvalue weighted by molar-refractivity contribution is 0.296. The molecule has 0 unspecified atom stereocenters. The zero-order valence-corrected chi connectivity index (χ0v) is 16.5. The highest BCUT2D eigenvalue weighted by Gasteiger charge is 2.27. The summed E-state index contributed by atoms with van der Waals surface area (Å²) in [7, 11) is 1.87. The fraction of sp³-hybridized carbons (Fsp3) is 0.263. The predicted octanol–water partition coefficient (Wildman–Crippen LogP) is 3.08. The number of rotatable bonds is 7. The lowest BCUT2D eigenvalue weighted by Crippen LogP contribution is -2.12. The van der Waals surface area contributed by atoms with E-state index in [9.17, 15) is 8.42 Å². The lowest BCUT2D eigenvalue weighted by Gasteiger charge is -2.18. The van der Waals surface area contributed by atoms with Crippen LogP contribution in [0.15, 0.2) is 52.1 Å². The minimum absolute atomic E-state index is 0.0145. The van der Waals surface area contributed by atoms with Gasteiger partial charge in [-0.2, -0.15) is 0 Å². The molecule has 1 radical (unpaired) electrons. The maximum atomic E-state index is 12.8. The number of methoxy groups -OCH3 is 4. The molecule has 7 nitrogen and oxygen atoms in total. The van der Waals surface area contributed by atoms with E-state index in [2.05, 4.69) is 6.58 Å². The van der Waals surface area contributed by atoms with Crippen molar-refractivity contribution in [1.82, 2.24) is 5.73 Å². The molecule has 0 saturated heterocycles. The van der Waals surface area contributed by atoms with Crippen LogP contribution in [0.2, 0.25) is 0 Å². The highest BCUT2D eigenvalue weighted by molar-refractivity contribution is 7.98. The Balaban J connectivity index is 2.53. The summed E-state index contributed by atoms with van der Waals surface area (Å²) >= 11 is 0. The molecule has 0 aliphatic heterocycles. The molecule has 0 aromatic heterocycles. The Bertz CT molecular complexity index is 916. The van der Waals surface area contributed by atoms with E-state index in [0.29, 0.717) is 28.4 Å². The van der Waals surface area contributed by atoms with Gasteiger partial charge < -0.3 is 24.7 Å². The number of benzene rings is 1. The average molecular weight is 392 g/mol. The van der Waals surface area contributed by atoms with E-state index >= 15 is 0 Å². The summed E-state index contributed by atoms with van der Waals surface area (Å²) in [5.74, 6) is 1.31. The summed E-state index contributed by atoms with van der Waals surface area (Å²) in [6.45, 7) is 3.76. The zero-order valence-electron chi connectivity index (χ0n) is 15.7. The first-order valence-corrected chi connectivity index (χ1v) is 9.43. The molecular weight excluding hydrogens is 370 g/mol. The molecule has 27 heavy (non-hydrogen) atoms. The molecule has 1 aliphatic rings. The molecular formula is C19H22NO6S. The minimum atomic E-state index is -3.90. The molecule has 2 rings (SSSR count). The quantitative estimate of drug-likeness (QED) is 0.708. The maximum Gasteiger partial charge on any atom is 0.203 e. The maximum absolute atomic E-state index is 12.8. The molecule has 0 heterocycles. The van der Waals surface area contributed by atoms with Gasteiger partial charge in [-0.1, -0.05) is 6.58 Å². The number of allylic oxidation sites excluding steroid dienone is 2. The van der Waals surface area contributed by atoms with Gasteiger partial charge in [0.1, 0.15) is 22.2 Å². The van der Waals surface area contributed by atoms with E-state index in [0.717, 1.165) is 5.41 Å².